The van der Waals surface area contributed by atoms with Crippen LogP contribution in [0.4, 0.5) is 5.82 Å². The largest absolute Gasteiger partial charge is 0.469 e. The fourth-order valence-electron chi connectivity index (χ4n) is 3.54. The van der Waals surface area contributed by atoms with E-state index in [0.717, 1.165) is 45.0 Å². The van der Waals surface area contributed by atoms with Crippen molar-refractivity contribution in [3.05, 3.63) is 11.4 Å². The Morgan fingerprint density at radius 3 is 2.91 bits per heavy atom. The lowest BCUT2D eigenvalue weighted by Gasteiger charge is -2.35. The highest BCUT2D eigenvalue weighted by Gasteiger charge is 2.44. The molecule has 1 saturated carbocycles. The minimum atomic E-state index is -0.0396. The monoisotopic (exact) mass is 334 g/mol. The maximum Gasteiger partial charge on any atom is 0.308 e. The number of ether oxygens (including phenoxy) is 1. The average Bonchev–Trinajstić information content (AvgIpc) is 3.03. The third kappa shape index (κ3) is 2.72. The van der Waals surface area contributed by atoms with Gasteiger partial charge in [0.1, 0.15) is 0 Å². The highest BCUT2D eigenvalue weighted by atomic mass is 32.1. The van der Waals surface area contributed by atoms with Gasteiger partial charge in [-0.1, -0.05) is 0 Å². The van der Waals surface area contributed by atoms with Gasteiger partial charge >= 0.3 is 5.97 Å². The molecule has 4 rings (SSSR count). The van der Waals surface area contributed by atoms with Crippen LogP contribution in [-0.4, -0.2) is 60.5 Å². The lowest BCUT2D eigenvalue weighted by Crippen LogP contribution is -2.47. The highest BCUT2D eigenvalue weighted by molar-refractivity contribution is 7.17. The Labute approximate surface area is 139 Å². The molecular formula is C16H22N4O2S. The first-order chi connectivity index (χ1) is 11.2. The number of hydrogen-bond donors (Lipinski definition) is 0. The van der Waals surface area contributed by atoms with Gasteiger partial charge in [-0.05, 0) is 23.8 Å². The van der Waals surface area contributed by atoms with Crippen LogP contribution in [0.3, 0.4) is 0 Å². The smallest absolute Gasteiger partial charge is 0.308 e. The van der Waals surface area contributed by atoms with Gasteiger partial charge in [-0.25, -0.2) is 0 Å². The third-order valence-corrected chi connectivity index (χ3v) is 5.93. The number of rotatable bonds is 4. The summed E-state index contributed by atoms with van der Waals surface area (Å²) in [6.45, 7) is 5.09. The van der Waals surface area contributed by atoms with Gasteiger partial charge in [-0.15, -0.1) is 11.3 Å². The zero-order valence-electron chi connectivity index (χ0n) is 13.6. The Kier molecular flexibility index (Phi) is 3.77. The van der Waals surface area contributed by atoms with Crippen molar-refractivity contribution < 1.29 is 9.53 Å². The van der Waals surface area contributed by atoms with Gasteiger partial charge in [0.2, 0.25) is 0 Å². The van der Waals surface area contributed by atoms with Crippen LogP contribution in [0.1, 0.15) is 6.42 Å². The number of aryl methyl sites for hydroxylation is 1. The summed E-state index contributed by atoms with van der Waals surface area (Å²) in [7, 11) is 3.49. The van der Waals surface area contributed by atoms with E-state index in [2.05, 4.69) is 21.2 Å². The van der Waals surface area contributed by atoms with Crippen LogP contribution in [-0.2, 0) is 16.6 Å². The number of carbonyl (C=O) groups is 1. The fraction of sp³-hybridized carbons (Fsp3) is 0.625. The van der Waals surface area contributed by atoms with Crippen LogP contribution in [0.25, 0.3) is 10.2 Å². The summed E-state index contributed by atoms with van der Waals surface area (Å²) in [6, 6.07) is 2.13. The lowest BCUT2D eigenvalue weighted by molar-refractivity contribution is -0.142. The van der Waals surface area contributed by atoms with Gasteiger partial charge in [0, 0.05) is 39.8 Å². The van der Waals surface area contributed by atoms with E-state index in [1.165, 1.54) is 17.3 Å². The Morgan fingerprint density at radius 1 is 1.39 bits per heavy atom. The van der Waals surface area contributed by atoms with Crippen LogP contribution in [0.15, 0.2) is 11.4 Å². The first-order valence-corrected chi connectivity index (χ1v) is 9.00. The molecule has 1 aliphatic heterocycles. The van der Waals surface area contributed by atoms with Crippen molar-refractivity contribution in [2.24, 2.45) is 18.9 Å². The summed E-state index contributed by atoms with van der Waals surface area (Å²) >= 11 is 1.77. The molecule has 124 valence electrons. The summed E-state index contributed by atoms with van der Waals surface area (Å²) in [5, 5.41) is 6.82. The SMILES string of the molecule is COC(=O)[C@@H]1CC1CN1CCN(c2nn(C)c3ccsc23)CC1. The second-order valence-corrected chi connectivity index (χ2v) is 7.41. The molecule has 1 saturated heterocycles. The second kappa shape index (κ2) is 5.79. The van der Waals surface area contributed by atoms with E-state index >= 15 is 0 Å². The molecule has 2 atom stereocenters. The van der Waals surface area contributed by atoms with Gasteiger partial charge in [-0.3, -0.25) is 14.4 Å². The van der Waals surface area contributed by atoms with E-state index in [9.17, 15) is 4.79 Å². The van der Waals surface area contributed by atoms with E-state index in [1.807, 2.05) is 11.7 Å². The van der Waals surface area contributed by atoms with Crippen LogP contribution in [0.5, 0.6) is 0 Å². The van der Waals surface area contributed by atoms with Crippen molar-refractivity contribution in [1.29, 1.82) is 0 Å². The number of thiophene rings is 1. The number of anilines is 1. The summed E-state index contributed by atoms with van der Waals surface area (Å²) in [6.07, 6.45) is 0.989. The predicted octanol–water partition coefficient (Wildman–Crippen LogP) is 1.57. The molecule has 0 amide bonds. The molecular weight excluding hydrogens is 312 g/mol. The Balaban J connectivity index is 1.35. The van der Waals surface area contributed by atoms with Gasteiger partial charge in [0.15, 0.2) is 5.82 Å². The summed E-state index contributed by atoms with van der Waals surface area (Å²) in [5.41, 5.74) is 1.21. The topological polar surface area (TPSA) is 50.6 Å². The third-order valence-electron chi connectivity index (χ3n) is 5.03. The molecule has 3 heterocycles. The summed E-state index contributed by atoms with van der Waals surface area (Å²) < 4.78 is 8.09. The second-order valence-electron chi connectivity index (χ2n) is 6.50. The molecule has 2 aromatic rings. The minimum Gasteiger partial charge on any atom is -0.469 e. The Hall–Kier alpha value is -1.60. The van der Waals surface area contributed by atoms with E-state index in [1.54, 1.807) is 11.3 Å². The number of nitrogens with zero attached hydrogens (tertiary/aromatic N) is 4. The van der Waals surface area contributed by atoms with Crippen LogP contribution >= 0.6 is 11.3 Å². The number of hydrogen-bond acceptors (Lipinski definition) is 6. The zero-order valence-corrected chi connectivity index (χ0v) is 14.4. The van der Waals surface area contributed by atoms with Gasteiger partial charge in [-0.2, -0.15) is 5.10 Å². The number of esters is 1. The van der Waals surface area contributed by atoms with Crippen LogP contribution < -0.4 is 4.90 Å². The molecule has 0 aromatic carbocycles. The first-order valence-electron chi connectivity index (χ1n) is 8.12. The number of fused-ring (bicyclic) bond motifs is 1. The molecule has 0 spiro atoms. The average molecular weight is 334 g/mol. The van der Waals surface area contributed by atoms with Crippen molar-refractivity contribution in [1.82, 2.24) is 14.7 Å². The number of piperazine rings is 1. The van der Waals surface area contributed by atoms with E-state index in [4.69, 9.17) is 9.84 Å². The van der Waals surface area contributed by atoms with Crippen LogP contribution in [0, 0.1) is 11.8 Å². The highest BCUT2D eigenvalue weighted by Crippen LogP contribution is 2.40. The van der Waals surface area contributed by atoms with Crippen molar-refractivity contribution >= 4 is 33.3 Å². The van der Waals surface area contributed by atoms with Gasteiger partial charge in [0.25, 0.3) is 0 Å². The van der Waals surface area contributed by atoms with E-state index < -0.39 is 0 Å². The molecule has 1 aliphatic carbocycles. The van der Waals surface area contributed by atoms with E-state index in [-0.39, 0.29) is 11.9 Å². The number of aromatic nitrogens is 2. The first kappa shape index (κ1) is 15.0. The maximum atomic E-state index is 11.5. The Morgan fingerprint density at radius 2 is 2.17 bits per heavy atom. The summed E-state index contributed by atoms with van der Waals surface area (Å²) in [4.78, 5) is 16.4. The molecule has 2 fully saturated rings. The number of methoxy groups -OCH3 is 1. The van der Waals surface area contributed by atoms with Gasteiger partial charge in [0.05, 0.1) is 23.2 Å². The molecule has 6 nitrogen and oxygen atoms in total. The summed E-state index contributed by atoms with van der Waals surface area (Å²) in [5.74, 6) is 1.71. The molecule has 23 heavy (non-hydrogen) atoms. The quantitative estimate of drug-likeness (QED) is 0.795. The van der Waals surface area contributed by atoms with Crippen molar-refractivity contribution in [2.45, 2.75) is 6.42 Å². The maximum absolute atomic E-state index is 11.5. The predicted molar refractivity (Wildman–Crippen MR) is 90.9 cm³/mol. The fourth-order valence-corrected chi connectivity index (χ4v) is 4.47. The molecule has 0 bridgehead atoms. The van der Waals surface area contributed by atoms with Crippen molar-refractivity contribution in [2.75, 3.05) is 44.7 Å². The molecule has 2 aliphatic rings. The van der Waals surface area contributed by atoms with E-state index in [0.29, 0.717) is 5.92 Å². The lowest BCUT2D eigenvalue weighted by atomic mass is 10.2. The molecule has 2 aromatic heterocycles. The standard InChI is InChI=1S/C16H22N4O2S/c1-18-13-3-8-23-14(13)15(17-18)20-6-4-19(5-7-20)10-11-9-12(11)16(21)22-2/h3,8,11-12H,4-7,9-10H2,1-2H3/t11?,12-/m1/s1. The minimum absolute atomic E-state index is 0.0396. The van der Waals surface area contributed by atoms with Crippen LogP contribution in [0.2, 0.25) is 0 Å². The van der Waals surface area contributed by atoms with Crippen molar-refractivity contribution in [3.8, 4) is 0 Å². The van der Waals surface area contributed by atoms with Gasteiger partial charge < -0.3 is 9.64 Å². The Bertz CT molecular complexity index is 717. The molecule has 7 heteroatoms. The molecule has 0 N–H and O–H groups in total. The normalized spacial score (nSPS) is 25.0. The van der Waals surface area contributed by atoms with Crippen molar-refractivity contribution in [3.63, 3.8) is 0 Å². The zero-order chi connectivity index (χ0) is 16.0. The number of carbonyl (C=O) groups excluding carboxylic acids is 1. The molecule has 0 radical (unpaired) electrons. The molecule has 1 unspecified atom stereocenters.